The number of aliphatic hydroxyl groups is 3. The summed E-state index contributed by atoms with van der Waals surface area (Å²) in [5.41, 5.74) is 4.32. The van der Waals surface area contributed by atoms with Gasteiger partial charge in [0.2, 0.25) is 0 Å². The van der Waals surface area contributed by atoms with Gasteiger partial charge in [-0.25, -0.2) is 0 Å². The van der Waals surface area contributed by atoms with E-state index in [4.69, 9.17) is 0 Å². The average Bonchev–Trinajstić information content (AvgIpc) is 2.87. The number of allylic oxidation sites excluding steroid dienone is 18. The summed E-state index contributed by atoms with van der Waals surface area (Å²) in [5, 5.41) is 32.4. The molecule has 236 valence electrons. The Labute approximate surface area is 262 Å². The standard InChI is InChI=1S/C40H58O3/c1-30(18-13-20-32(3)22-23-36-34(5)28-35(41)29-37(36,6)7)16-11-12-17-31(2)19-14-21-33(4)24-27-40(43)38(8,9)25-15-26-39(40,10)42/h11-14,16-24,27,35,41-43H,15,25-26,28-29H2,1-10H3. The van der Waals surface area contributed by atoms with Crippen LogP contribution in [-0.4, -0.2) is 32.6 Å². The summed E-state index contributed by atoms with van der Waals surface area (Å²) in [5.74, 6) is 0. The maximum atomic E-state index is 11.4. The average molecular weight is 587 g/mol. The summed E-state index contributed by atoms with van der Waals surface area (Å²) in [4.78, 5) is 0. The molecule has 1 saturated carbocycles. The first kappa shape index (κ1) is 36.5. The van der Waals surface area contributed by atoms with Crippen LogP contribution < -0.4 is 0 Å². The summed E-state index contributed by atoms with van der Waals surface area (Å²) in [6, 6.07) is 0. The zero-order chi connectivity index (χ0) is 32.5. The predicted octanol–water partition coefficient (Wildman–Crippen LogP) is 9.74. The highest BCUT2D eigenvalue weighted by atomic mass is 16.4. The zero-order valence-electron chi connectivity index (χ0n) is 28.5. The van der Waals surface area contributed by atoms with E-state index in [2.05, 4.69) is 90.2 Å². The van der Waals surface area contributed by atoms with Crippen molar-refractivity contribution >= 4 is 0 Å². The molecule has 3 heteroatoms. The largest absolute Gasteiger partial charge is 0.393 e. The van der Waals surface area contributed by atoms with Crippen molar-refractivity contribution in [1.29, 1.82) is 0 Å². The van der Waals surface area contributed by atoms with Crippen LogP contribution in [0.15, 0.2) is 119 Å². The smallest absolute Gasteiger partial charge is 0.116 e. The second-order valence-electron chi connectivity index (χ2n) is 14.3. The van der Waals surface area contributed by atoms with E-state index in [-0.39, 0.29) is 11.5 Å². The van der Waals surface area contributed by atoms with E-state index < -0.39 is 16.6 Å². The molecule has 0 aliphatic heterocycles. The maximum Gasteiger partial charge on any atom is 0.116 e. The van der Waals surface area contributed by atoms with E-state index in [0.29, 0.717) is 6.42 Å². The minimum Gasteiger partial charge on any atom is -0.393 e. The molecule has 0 bridgehead atoms. The van der Waals surface area contributed by atoms with E-state index >= 15 is 0 Å². The molecular weight excluding hydrogens is 528 g/mol. The number of hydrogen-bond acceptors (Lipinski definition) is 3. The second-order valence-corrected chi connectivity index (χ2v) is 14.3. The molecule has 0 radical (unpaired) electrons. The molecule has 0 heterocycles. The molecule has 2 aliphatic rings. The predicted molar refractivity (Wildman–Crippen MR) is 186 cm³/mol. The highest BCUT2D eigenvalue weighted by molar-refractivity contribution is 5.38. The Balaban J connectivity index is 1.93. The molecule has 0 aromatic heterocycles. The molecule has 0 aromatic carbocycles. The van der Waals surface area contributed by atoms with Gasteiger partial charge in [-0.2, -0.15) is 0 Å². The van der Waals surface area contributed by atoms with Crippen molar-refractivity contribution in [2.45, 2.75) is 119 Å². The van der Waals surface area contributed by atoms with Crippen molar-refractivity contribution in [3.05, 3.63) is 119 Å². The summed E-state index contributed by atoms with van der Waals surface area (Å²) < 4.78 is 0. The Bertz CT molecular complexity index is 1260. The van der Waals surface area contributed by atoms with Crippen molar-refractivity contribution in [3.8, 4) is 0 Å². The Morgan fingerprint density at radius 1 is 0.698 bits per heavy atom. The van der Waals surface area contributed by atoms with Crippen molar-refractivity contribution in [2.24, 2.45) is 10.8 Å². The highest BCUT2D eigenvalue weighted by Crippen LogP contribution is 2.50. The van der Waals surface area contributed by atoms with Crippen LogP contribution in [0.5, 0.6) is 0 Å². The van der Waals surface area contributed by atoms with Gasteiger partial charge < -0.3 is 15.3 Å². The molecule has 0 amide bonds. The van der Waals surface area contributed by atoms with Crippen LogP contribution in [0.3, 0.4) is 0 Å². The lowest BCUT2D eigenvalue weighted by Gasteiger charge is -2.53. The SMILES string of the molecule is CC(C=CC=C(C)C=CC1=C(C)CC(O)CC1(C)C)=CC=CC=C(C)C=CC=C(C)C=CC1(O)C(C)(C)CCCC1(C)O. The lowest BCUT2D eigenvalue weighted by molar-refractivity contribution is -0.194. The van der Waals surface area contributed by atoms with Crippen molar-refractivity contribution in [1.82, 2.24) is 0 Å². The van der Waals surface area contributed by atoms with E-state index in [9.17, 15) is 15.3 Å². The van der Waals surface area contributed by atoms with Gasteiger partial charge in [0.15, 0.2) is 0 Å². The first-order chi connectivity index (χ1) is 19.9. The van der Waals surface area contributed by atoms with Gasteiger partial charge in [0, 0.05) is 0 Å². The molecule has 3 N–H and O–H groups in total. The van der Waals surface area contributed by atoms with Gasteiger partial charge in [-0.3, -0.25) is 0 Å². The normalized spacial score (nSPS) is 29.8. The van der Waals surface area contributed by atoms with Crippen molar-refractivity contribution < 1.29 is 15.3 Å². The number of aliphatic hydroxyl groups excluding tert-OH is 1. The summed E-state index contributed by atoms with van der Waals surface area (Å²) in [6.07, 6.45) is 32.5. The van der Waals surface area contributed by atoms with Crippen LogP contribution in [0.4, 0.5) is 0 Å². The van der Waals surface area contributed by atoms with Gasteiger partial charge in [0.05, 0.1) is 11.7 Å². The lowest BCUT2D eigenvalue weighted by atomic mass is 9.58. The van der Waals surface area contributed by atoms with Gasteiger partial charge >= 0.3 is 0 Å². The van der Waals surface area contributed by atoms with Gasteiger partial charge in [-0.15, -0.1) is 0 Å². The molecule has 43 heavy (non-hydrogen) atoms. The minimum atomic E-state index is -1.26. The molecule has 3 nitrogen and oxygen atoms in total. The van der Waals surface area contributed by atoms with Crippen molar-refractivity contribution in [2.75, 3.05) is 0 Å². The van der Waals surface area contributed by atoms with Gasteiger partial charge in [0.1, 0.15) is 5.60 Å². The molecule has 0 saturated heterocycles. The number of hydrogen-bond donors (Lipinski definition) is 3. The van der Waals surface area contributed by atoms with Crippen LogP contribution in [0.2, 0.25) is 0 Å². The third-order valence-corrected chi connectivity index (χ3v) is 9.16. The third-order valence-electron chi connectivity index (χ3n) is 9.16. The Hall–Kier alpha value is -2.72. The van der Waals surface area contributed by atoms with Crippen LogP contribution >= 0.6 is 0 Å². The molecule has 2 rings (SSSR count). The van der Waals surface area contributed by atoms with Gasteiger partial charge in [-0.05, 0) is 96.1 Å². The fourth-order valence-electron chi connectivity index (χ4n) is 6.38. The summed E-state index contributed by atoms with van der Waals surface area (Å²) in [6.45, 7) is 20.6. The topological polar surface area (TPSA) is 60.7 Å². The van der Waals surface area contributed by atoms with Gasteiger partial charge in [-0.1, -0.05) is 135 Å². The van der Waals surface area contributed by atoms with Crippen LogP contribution in [0.1, 0.15) is 101 Å². The molecule has 0 spiro atoms. The Kier molecular flexibility index (Phi) is 13.0. The van der Waals surface area contributed by atoms with E-state index in [1.165, 1.54) is 22.3 Å². The van der Waals surface area contributed by atoms with Crippen LogP contribution in [0.25, 0.3) is 0 Å². The minimum absolute atomic E-state index is 0.00421. The molecule has 0 aromatic rings. The van der Waals surface area contributed by atoms with E-state index in [1.807, 2.05) is 51.2 Å². The quantitative estimate of drug-likeness (QED) is 0.223. The molecular formula is C40H58O3. The second kappa shape index (κ2) is 15.3. The van der Waals surface area contributed by atoms with Crippen LogP contribution in [0, 0.1) is 10.8 Å². The van der Waals surface area contributed by atoms with E-state index in [0.717, 1.165) is 36.8 Å². The molecule has 1 fully saturated rings. The van der Waals surface area contributed by atoms with E-state index in [1.54, 1.807) is 13.0 Å². The number of rotatable bonds is 10. The zero-order valence-corrected chi connectivity index (χ0v) is 28.5. The lowest BCUT2D eigenvalue weighted by Crippen LogP contribution is -2.62. The van der Waals surface area contributed by atoms with Crippen LogP contribution in [-0.2, 0) is 0 Å². The Morgan fingerprint density at radius 3 is 1.70 bits per heavy atom. The third kappa shape index (κ3) is 10.4. The van der Waals surface area contributed by atoms with Crippen molar-refractivity contribution in [3.63, 3.8) is 0 Å². The summed E-state index contributed by atoms with van der Waals surface area (Å²) in [7, 11) is 0. The monoisotopic (exact) mass is 586 g/mol. The Morgan fingerprint density at radius 2 is 1.19 bits per heavy atom. The summed E-state index contributed by atoms with van der Waals surface area (Å²) >= 11 is 0. The fraction of sp³-hybridized carbons (Fsp3) is 0.500. The van der Waals surface area contributed by atoms with Gasteiger partial charge in [0.25, 0.3) is 0 Å². The maximum absolute atomic E-state index is 11.4. The molecule has 3 atom stereocenters. The first-order valence-corrected chi connectivity index (χ1v) is 15.8. The first-order valence-electron chi connectivity index (χ1n) is 15.8. The molecule has 2 aliphatic carbocycles. The highest BCUT2D eigenvalue weighted by Gasteiger charge is 2.56. The fourth-order valence-corrected chi connectivity index (χ4v) is 6.38. The molecule has 3 unspecified atom stereocenters.